The average molecular weight is 361 g/mol. The molecular weight excluding hydrogens is 339 g/mol. The molecule has 3 nitrogen and oxygen atoms in total. The Hall–Kier alpha value is -1.91. The first-order valence-electron chi connectivity index (χ1n) is 8.56. The van der Waals surface area contributed by atoms with Crippen molar-refractivity contribution < 1.29 is 9.18 Å². The number of nitrogens with zero attached hydrogens (tertiary/aromatic N) is 1. The summed E-state index contributed by atoms with van der Waals surface area (Å²) in [7, 11) is 0. The largest absolute Gasteiger partial charge is 0.352 e. The SMILES string of the molecule is CC(c1ccccc1)N1CCC(NC(=O)Cc2c(F)cccc2Cl)C1. The van der Waals surface area contributed by atoms with E-state index in [1.807, 2.05) is 18.2 Å². The Morgan fingerprint density at radius 1 is 1.28 bits per heavy atom. The van der Waals surface area contributed by atoms with E-state index in [2.05, 4.69) is 29.3 Å². The number of likely N-dealkylation sites (tertiary alicyclic amines) is 1. The molecule has 25 heavy (non-hydrogen) atoms. The molecule has 0 bridgehead atoms. The second-order valence-corrected chi connectivity index (χ2v) is 6.92. The van der Waals surface area contributed by atoms with Crippen molar-refractivity contribution in [3.05, 3.63) is 70.5 Å². The summed E-state index contributed by atoms with van der Waals surface area (Å²) in [4.78, 5) is 14.6. The fraction of sp³-hybridized carbons (Fsp3) is 0.350. The molecule has 3 rings (SSSR count). The van der Waals surface area contributed by atoms with Gasteiger partial charge in [-0.15, -0.1) is 0 Å². The van der Waals surface area contributed by atoms with Gasteiger partial charge in [0.2, 0.25) is 5.91 Å². The van der Waals surface area contributed by atoms with Crippen molar-refractivity contribution in [1.29, 1.82) is 0 Å². The molecule has 1 aliphatic heterocycles. The van der Waals surface area contributed by atoms with Gasteiger partial charge in [-0.25, -0.2) is 4.39 Å². The quantitative estimate of drug-likeness (QED) is 0.874. The van der Waals surface area contributed by atoms with Crippen LogP contribution in [0.15, 0.2) is 48.5 Å². The monoisotopic (exact) mass is 360 g/mol. The van der Waals surface area contributed by atoms with Crippen molar-refractivity contribution in [2.75, 3.05) is 13.1 Å². The van der Waals surface area contributed by atoms with Crippen LogP contribution in [0, 0.1) is 5.82 Å². The second kappa shape index (κ2) is 7.98. The van der Waals surface area contributed by atoms with Gasteiger partial charge in [-0.05, 0) is 31.0 Å². The first-order chi connectivity index (χ1) is 12.0. The number of amides is 1. The zero-order valence-electron chi connectivity index (χ0n) is 14.2. The number of halogens is 2. The molecule has 2 aromatic carbocycles. The summed E-state index contributed by atoms with van der Waals surface area (Å²) in [6, 6.07) is 15.2. The van der Waals surface area contributed by atoms with E-state index in [1.165, 1.54) is 11.6 Å². The van der Waals surface area contributed by atoms with E-state index in [0.29, 0.717) is 11.1 Å². The predicted molar refractivity (Wildman–Crippen MR) is 98.1 cm³/mol. The Morgan fingerprint density at radius 3 is 2.76 bits per heavy atom. The lowest BCUT2D eigenvalue weighted by Crippen LogP contribution is -2.38. The minimum absolute atomic E-state index is 0.0315. The number of carbonyl (C=O) groups is 1. The van der Waals surface area contributed by atoms with E-state index in [1.54, 1.807) is 12.1 Å². The van der Waals surface area contributed by atoms with Gasteiger partial charge in [0.15, 0.2) is 0 Å². The van der Waals surface area contributed by atoms with E-state index >= 15 is 0 Å². The maximum atomic E-state index is 13.8. The summed E-state index contributed by atoms with van der Waals surface area (Å²) in [6.07, 6.45) is 0.865. The van der Waals surface area contributed by atoms with Gasteiger partial charge in [0.25, 0.3) is 0 Å². The summed E-state index contributed by atoms with van der Waals surface area (Å²) >= 11 is 5.99. The van der Waals surface area contributed by atoms with Gasteiger partial charge in [-0.3, -0.25) is 9.69 Å². The lowest BCUT2D eigenvalue weighted by Gasteiger charge is -2.24. The van der Waals surface area contributed by atoms with Gasteiger partial charge < -0.3 is 5.32 Å². The van der Waals surface area contributed by atoms with Gasteiger partial charge in [0.1, 0.15) is 5.82 Å². The lowest BCUT2D eigenvalue weighted by molar-refractivity contribution is -0.121. The number of hydrogen-bond acceptors (Lipinski definition) is 2. The first-order valence-corrected chi connectivity index (χ1v) is 8.93. The van der Waals surface area contributed by atoms with E-state index in [0.717, 1.165) is 19.5 Å². The molecular formula is C20H22ClFN2O. The number of hydrogen-bond donors (Lipinski definition) is 1. The van der Waals surface area contributed by atoms with Gasteiger partial charge in [0, 0.05) is 35.8 Å². The normalized spacial score (nSPS) is 18.9. The zero-order valence-corrected chi connectivity index (χ0v) is 15.0. The molecule has 2 atom stereocenters. The third-order valence-electron chi connectivity index (χ3n) is 4.81. The van der Waals surface area contributed by atoms with E-state index in [4.69, 9.17) is 11.6 Å². The molecule has 1 N–H and O–H groups in total. The minimum atomic E-state index is -0.437. The van der Waals surface area contributed by atoms with E-state index < -0.39 is 5.82 Å². The van der Waals surface area contributed by atoms with Gasteiger partial charge in [0.05, 0.1) is 6.42 Å². The van der Waals surface area contributed by atoms with Crippen molar-refractivity contribution in [2.24, 2.45) is 0 Å². The van der Waals surface area contributed by atoms with Crippen LogP contribution in [0.5, 0.6) is 0 Å². The maximum absolute atomic E-state index is 13.8. The third-order valence-corrected chi connectivity index (χ3v) is 5.17. The van der Waals surface area contributed by atoms with Crippen LogP contribution in [0.1, 0.15) is 30.5 Å². The maximum Gasteiger partial charge on any atom is 0.224 e. The van der Waals surface area contributed by atoms with Crippen molar-refractivity contribution in [1.82, 2.24) is 10.2 Å². The van der Waals surface area contributed by atoms with Crippen LogP contribution >= 0.6 is 11.6 Å². The number of rotatable bonds is 5. The average Bonchev–Trinajstić information content (AvgIpc) is 3.07. The summed E-state index contributed by atoms with van der Waals surface area (Å²) in [6.45, 7) is 3.91. The molecule has 0 radical (unpaired) electrons. The van der Waals surface area contributed by atoms with E-state index in [-0.39, 0.29) is 23.9 Å². The Bertz CT molecular complexity index is 717. The molecule has 0 saturated carbocycles. The fourth-order valence-corrected chi connectivity index (χ4v) is 3.57. The molecule has 0 spiro atoms. The molecule has 5 heteroatoms. The molecule has 1 saturated heterocycles. The van der Waals surface area contributed by atoms with Crippen LogP contribution < -0.4 is 5.32 Å². The summed E-state index contributed by atoms with van der Waals surface area (Å²) in [5.74, 6) is -0.625. The second-order valence-electron chi connectivity index (χ2n) is 6.51. The van der Waals surface area contributed by atoms with Crippen LogP contribution in [0.3, 0.4) is 0 Å². The van der Waals surface area contributed by atoms with Gasteiger partial charge >= 0.3 is 0 Å². The Labute approximate surface area is 152 Å². The van der Waals surface area contributed by atoms with Crippen LogP contribution in [0.4, 0.5) is 4.39 Å². The van der Waals surface area contributed by atoms with Crippen molar-refractivity contribution in [3.8, 4) is 0 Å². The highest BCUT2D eigenvalue weighted by atomic mass is 35.5. The lowest BCUT2D eigenvalue weighted by atomic mass is 10.1. The summed E-state index contributed by atoms with van der Waals surface area (Å²) < 4.78 is 13.8. The highest BCUT2D eigenvalue weighted by Gasteiger charge is 2.28. The van der Waals surface area contributed by atoms with Crippen LogP contribution in [0.25, 0.3) is 0 Å². The Balaban J connectivity index is 1.55. The molecule has 0 aromatic heterocycles. The molecule has 1 aliphatic rings. The number of nitrogens with one attached hydrogen (secondary N) is 1. The fourth-order valence-electron chi connectivity index (χ4n) is 3.34. The molecule has 1 heterocycles. The summed E-state index contributed by atoms with van der Waals surface area (Å²) in [5, 5.41) is 3.30. The molecule has 2 unspecified atom stereocenters. The molecule has 1 amide bonds. The Morgan fingerprint density at radius 2 is 2.04 bits per heavy atom. The highest BCUT2D eigenvalue weighted by Crippen LogP contribution is 2.25. The van der Waals surface area contributed by atoms with Gasteiger partial charge in [-0.2, -0.15) is 0 Å². The molecule has 2 aromatic rings. The zero-order chi connectivity index (χ0) is 17.8. The standard InChI is InChI=1S/C20H22ClFN2O/c1-14(15-6-3-2-4-7-15)24-11-10-16(13-24)23-20(25)12-17-18(21)8-5-9-19(17)22/h2-9,14,16H,10-13H2,1H3,(H,23,25). The predicted octanol–water partition coefficient (Wildman–Crippen LogP) is 3.97. The smallest absolute Gasteiger partial charge is 0.224 e. The van der Waals surface area contributed by atoms with Crippen molar-refractivity contribution in [2.45, 2.75) is 31.8 Å². The van der Waals surface area contributed by atoms with Crippen LogP contribution in [-0.2, 0) is 11.2 Å². The number of carbonyl (C=O) groups excluding carboxylic acids is 1. The minimum Gasteiger partial charge on any atom is -0.352 e. The van der Waals surface area contributed by atoms with Crippen LogP contribution in [0.2, 0.25) is 5.02 Å². The Kier molecular flexibility index (Phi) is 5.71. The third kappa shape index (κ3) is 4.39. The van der Waals surface area contributed by atoms with Crippen LogP contribution in [-0.4, -0.2) is 29.9 Å². The number of benzene rings is 2. The van der Waals surface area contributed by atoms with E-state index in [9.17, 15) is 9.18 Å². The molecule has 1 fully saturated rings. The molecule has 0 aliphatic carbocycles. The highest BCUT2D eigenvalue weighted by molar-refractivity contribution is 6.31. The van der Waals surface area contributed by atoms with Gasteiger partial charge in [-0.1, -0.05) is 48.0 Å². The topological polar surface area (TPSA) is 32.3 Å². The molecule has 132 valence electrons. The first kappa shape index (κ1) is 17.9. The van der Waals surface area contributed by atoms with Crippen molar-refractivity contribution >= 4 is 17.5 Å². The summed E-state index contributed by atoms with van der Waals surface area (Å²) in [5.41, 5.74) is 1.53. The van der Waals surface area contributed by atoms with Crippen molar-refractivity contribution in [3.63, 3.8) is 0 Å².